The van der Waals surface area contributed by atoms with E-state index in [0.29, 0.717) is 24.0 Å². The second kappa shape index (κ2) is 7.26. The van der Waals surface area contributed by atoms with E-state index in [-0.39, 0.29) is 5.91 Å². The van der Waals surface area contributed by atoms with Crippen molar-refractivity contribution in [3.63, 3.8) is 0 Å². The Bertz CT molecular complexity index is 642. The zero-order valence-electron chi connectivity index (χ0n) is 13.4. The van der Waals surface area contributed by atoms with E-state index < -0.39 is 0 Å². The third-order valence-corrected chi connectivity index (χ3v) is 4.12. The molecule has 1 saturated heterocycles. The Morgan fingerprint density at radius 1 is 1.43 bits per heavy atom. The van der Waals surface area contributed by atoms with E-state index in [4.69, 9.17) is 4.74 Å². The maximum atomic E-state index is 12.8. The Hall–Kier alpha value is -2.37. The average Bonchev–Trinajstić information content (AvgIpc) is 3.08. The molecular weight excluding hydrogens is 292 g/mol. The van der Waals surface area contributed by atoms with Crippen LogP contribution in [0.15, 0.2) is 37.1 Å². The van der Waals surface area contributed by atoms with Crippen LogP contribution in [0.2, 0.25) is 0 Å². The number of imidazole rings is 1. The Labute approximate surface area is 136 Å². The molecule has 6 nitrogen and oxygen atoms in total. The third kappa shape index (κ3) is 3.70. The van der Waals surface area contributed by atoms with Gasteiger partial charge in [0.05, 0.1) is 12.9 Å². The highest BCUT2D eigenvalue weighted by Crippen LogP contribution is 2.23. The molecule has 2 aromatic heterocycles. The average molecular weight is 314 g/mol. The minimum Gasteiger partial charge on any atom is -0.477 e. The molecule has 1 atom stereocenters. The SMILES string of the molecule is CCOc1ncccc1C(=O)N1CCC[C@@H](Cn2ccnc2)C1. The van der Waals surface area contributed by atoms with E-state index in [9.17, 15) is 4.79 Å². The molecule has 6 heteroatoms. The second-order valence-corrected chi connectivity index (χ2v) is 5.81. The van der Waals surface area contributed by atoms with Crippen molar-refractivity contribution in [1.29, 1.82) is 0 Å². The van der Waals surface area contributed by atoms with Gasteiger partial charge in [0.15, 0.2) is 0 Å². The zero-order chi connectivity index (χ0) is 16.1. The fourth-order valence-electron chi connectivity index (χ4n) is 3.07. The van der Waals surface area contributed by atoms with Gasteiger partial charge in [-0.3, -0.25) is 4.79 Å². The van der Waals surface area contributed by atoms with Crippen molar-refractivity contribution in [2.45, 2.75) is 26.3 Å². The summed E-state index contributed by atoms with van der Waals surface area (Å²) < 4.78 is 7.57. The number of pyridine rings is 1. The van der Waals surface area contributed by atoms with Gasteiger partial charge in [0.1, 0.15) is 5.56 Å². The molecule has 0 N–H and O–H groups in total. The first-order chi connectivity index (χ1) is 11.3. The number of piperidine rings is 1. The van der Waals surface area contributed by atoms with Crippen molar-refractivity contribution in [3.05, 3.63) is 42.6 Å². The predicted octanol–water partition coefficient (Wildman–Crippen LogP) is 2.23. The summed E-state index contributed by atoms with van der Waals surface area (Å²) in [5.41, 5.74) is 0.553. The quantitative estimate of drug-likeness (QED) is 0.849. The molecule has 0 unspecified atom stereocenters. The number of ether oxygens (including phenoxy) is 1. The van der Waals surface area contributed by atoms with Crippen molar-refractivity contribution >= 4 is 5.91 Å². The molecule has 1 fully saturated rings. The molecule has 0 bridgehead atoms. The van der Waals surface area contributed by atoms with E-state index in [1.54, 1.807) is 24.5 Å². The first-order valence-electron chi connectivity index (χ1n) is 8.10. The van der Waals surface area contributed by atoms with Crippen LogP contribution in [0.25, 0.3) is 0 Å². The van der Waals surface area contributed by atoms with Crippen LogP contribution in [0, 0.1) is 5.92 Å². The summed E-state index contributed by atoms with van der Waals surface area (Å²) in [5.74, 6) is 0.891. The standard InChI is InChI=1S/C17H22N4O2/c1-2-23-16-15(6-3-7-19-16)17(22)21-9-4-5-14(12-21)11-20-10-8-18-13-20/h3,6-8,10,13-14H,2,4-5,9,11-12H2,1H3/t14-/m0/s1. The van der Waals surface area contributed by atoms with E-state index in [0.717, 1.165) is 32.5 Å². The summed E-state index contributed by atoms with van der Waals surface area (Å²) >= 11 is 0. The number of carbonyl (C=O) groups excluding carboxylic acids is 1. The Morgan fingerprint density at radius 3 is 3.13 bits per heavy atom. The lowest BCUT2D eigenvalue weighted by Gasteiger charge is -2.33. The molecule has 2 aromatic rings. The molecule has 0 radical (unpaired) electrons. The summed E-state index contributed by atoms with van der Waals surface area (Å²) in [6.07, 6.45) is 9.39. The van der Waals surface area contributed by atoms with E-state index in [1.807, 2.05) is 24.3 Å². The first kappa shape index (κ1) is 15.5. The van der Waals surface area contributed by atoms with Gasteiger partial charge in [0.2, 0.25) is 5.88 Å². The minimum atomic E-state index is 0.0110. The van der Waals surface area contributed by atoms with Crippen LogP contribution in [-0.2, 0) is 6.54 Å². The smallest absolute Gasteiger partial charge is 0.259 e. The van der Waals surface area contributed by atoms with Crippen molar-refractivity contribution < 1.29 is 9.53 Å². The Kier molecular flexibility index (Phi) is 4.90. The number of hydrogen-bond acceptors (Lipinski definition) is 4. The summed E-state index contributed by atoms with van der Waals surface area (Å²) in [6.45, 7) is 4.85. The first-order valence-corrected chi connectivity index (χ1v) is 8.10. The zero-order valence-corrected chi connectivity index (χ0v) is 13.4. The fraction of sp³-hybridized carbons (Fsp3) is 0.471. The second-order valence-electron chi connectivity index (χ2n) is 5.81. The largest absolute Gasteiger partial charge is 0.477 e. The molecule has 23 heavy (non-hydrogen) atoms. The molecule has 0 aliphatic carbocycles. The lowest BCUT2D eigenvalue weighted by Crippen LogP contribution is -2.41. The lowest BCUT2D eigenvalue weighted by molar-refractivity contribution is 0.0657. The number of rotatable bonds is 5. The van der Waals surface area contributed by atoms with Crippen LogP contribution in [0.5, 0.6) is 5.88 Å². The van der Waals surface area contributed by atoms with Crippen LogP contribution in [0.1, 0.15) is 30.1 Å². The summed E-state index contributed by atoms with van der Waals surface area (Å²) in [7, 11) is 0. The van der Waals surface area contributed by atoms with Gasteiger partial charge in [-0.15, -0.1) is 0 Å². The molecule has 0 saturated carbocycles. The molecule has 3 heterocycles. The molecule has 1 amide bonds. The van der Waals surface area contributed by atoms with Crippen LogP contribution in [-0.4, -0.2) is 45.0 Å². The normalized spacial score (nSPS) is 18.0. The predicted molar refractivity (Wildman–Crippen MR) is 86.3 cm³/mol. The highest BCUT2D eigenvalue weighted by molar-refractivity contribution is 5.96. The number of likely N-dealkylation sites (tertiary alicyclic amines) is 1. The van der Waals surface area contributed by atoms with Gasteiger partial charge in [-0.05, 0) is 37.8 Å². The van der Waals surface area contributed by atoms with Crippen LogP contribution < -0.4 is 4.74 Å². The Morgan fingerprint density at radius 2 is 2.35 bits per heavy atom. The summed E-state index contributed by atoms with van der Waals surface area (Å²) in [6, 6.07) is 3.57. The number of hydrogen-bond donors (Lipinski definition) is 0. The molecule has 0 aromatic carbocycles. The number of nitrogens with zero attached hydrogens (tertiary/aromatic N) is 4. The maximum Gasteiger partial charge on any atom is 0.259 e. The number of amides is 1. The number of carbonyl (C=O) groups is 1. The van der Waals surface area contributed by atoms with E-state index in [1.165, 1.54) is 0 Å². The molecule has 122 valence electrons. The van der Waals surface area contributed by atoms with Crippen LogP contribution >= 0.6 is 0 Å². The highest BCUT2D eigenvalue weighted by atomic mass is 16.5. The van der Waals surface area contributed by atoms with Crippen LogP contribution in [0.4, 0.5) is 0 Å². The molecule has 1 aliphatic heterocycles. The van der Waals surface area contributed by atoms with Gasteiger partial charge < -0.3 is 14.2 Å². The molecular formula is C17H22N4O2. The van der Waals surface area contributed by atoms with Crippen molar-refractivity contribution in [1.82, 2.24) is 19.4 Å². The maximum absolute atomic E-state index is 12.8. The van der Waals surface area contributed by atoms with Crippen LogP contribution in [0.3, 0.4) is 0 Å². The molecule has 1 aliphatic rings. The topological polar surface area (TPSA) is 60.2 Å². The Balaban J connectivity index is 1.69. The van der Waals surface area contributed by atoms with Crippen molar-refractivity contribution in [2.75, 3.05) is 19.7 Å². The fourth-order valence-corrected chi connectivity index (χ4v) is 3.07. The molecule has 0 spiro atoms. The molecule has 3 rings (SSSR count). The van der Waals surface area contributed by atoms with Gasteiger partial charge >= 0.3 is 0 Å². The van der Waals surface area contributed by atoms with E-state index in [2.05, 4.69) is 14.5 Å². The van der Waals surface area contributed by atoms with Gasteiger partial charge in [-0.25, -0.2) is 9.97 Å². The van der Waals surface area contributed by atoms with E-state index >= 15 is 0 Å². The van der Waals surface area contributed by atoms with Crippen molar-refractivity contribution in [3.8, 4) is 5.88 Å². The van der Waals surface area contributed by atoms with Gasteiger partial charge in [0.25, 0.3) is 5.91 Å². The highest BCUT2D eigenvalue weighted by Gasteiger charge is 2.26. The third-order valence-electron chi connectivity index (χ3n) is 4.12. The number of aromatic nitrogens is 3. The minimum absolute atomic E-state index is 0.0110. The summed E-state index contributed by atoms with van der Waals surface area (Å²) in [4.78, 5) is 23.0. The monoisotopic (exact) mass is 314 g/mol. The lowest BCUT2D eigenvalue weighted by atomic mass is 9.97. The van der Waals surface area contributed by atoms with Gasteiger partial charge in [0, 0.05) is 38.2 Å². The summed E-state index contributed by atoms with van der Waals surface area (Å²) in [5, 5.41) is 0. The van der Waals surface area contributed by atoms with Crippen molar-refractivity contribution in [2.24, 2.45) is 5.92 Å². The van der Waals surface area contributed by atoms with Gasteiger partial charge in [-0.1, -0.05) is 0 Å². The van der Waals surface area contributed by atoms with Gasteiger partial charge in [-0.2, -0.15) is 0 Å².